The molecule has 3 saturated heterocycles. The average Bonchev–Trinajstić information content (AvgIpc) is 3.05. The molecule has 2 aromatic carbocycles. The first-order valence-corrected chi connectivity index (χ1v) is 19.6. The highest BCUT2D eigenvalue weighted by Crippen LogP contribution is 2.34. The van der Waals surface area contributed by atoms with Crippen molar-refractivity contribution in [2.24, 2.45) is 0 Å². The van der Waals surface area contributed by atoms with Crippen LogP contribution in [0.5, 0.6) is 5.75 Å². The Kier molecular flexibility index (Phi) is 10.0. The van der Waals surface area contributed by atoms with E-state index in [0.29, 0.717) is 23.4 Å². The van der Waals surface area contributed by atoms with Gasteiger partial charge in [-0.15, -0.1) is 0 Å². The molecule has 13 heteroatoms. The van der Waals surface area contributed by atoms with Crippen LogP contribution in [-0.2, 0) is 7.01 Å². The molecular formula is C31H41IN8O3S. The second-order valence-corrected chi connectivity index (χ2v) is 16.6. The van der Waals surface area contributed by atoms with Crippen molar-refractivity contribution in [3.63, 3.8) is 0 Å². The van der Waals surface area contributed by atoms with E-state index in [9.17, 15) is 8.42 Å². The Balaban J connectivity index is 1.05. The van der Waals surface area contributed by atoms with Crippen LogP contribution >= 0.6 is 21.2 Å². The molecule has 2 N–H and O–H groups in total. The topological polar surface area (TPSA) is 116 Å². The molecule has 0 amide bonds. The van der Waals surface area contributed by atoms with Gasteiger partial charge in [0.25, 0.3) is 0 Å². The van der Waals surface area contributed by atoms with E-state index in [2.05, 4.69) is 52.4 Å². The van der Waals surface area contributed by atoms with Gasteiger partial charge in [-0.05, 0) is 89.0 Å². The van der Waals surface area contributed by atoms with Crippen molar-refractivity contribution in [2.45, 2.75) is 61.9 Å². The summed E-state index contributed by atoms with van der Waals surface area (Å²) in [6.07, 6.45) is 10.5. The minimum atomic E-state index is -3.45. The van der Waals surface area contributed by atoms with Crippen LogP contribution in [0.2, 0.25) is 0 Å². The van der Waals surface area contributed by atoms with E-state index in [-0.39, 0.29) is 10.8 Å². The Morgan fingerprint density at radius 3 is 2.07 bits per heavy atom. The molecule has 3 fully saturated rings. The molecule has 3 aliphatic rings. The molecule has 0 spiro atoms. The number of likely N-dealkylation sites (tertiary alicyclic amines) is 2. The lowest BCUT2D eigenvalue weighted by Crippen LogP contribution is -2.51. The maximum atomic E-state index is 12.2. The van der Waals surface area contributed by atoms with Gasteiger partial charge < -0.3 is 30.1 Å². The van der Waals surface area contributed by atoms with Crippen LogP contribution in [0.25, 0.3) is 0 Å². The van der Waals surface area contributed by atoms with Gasteiger partial charge >= 0.3 is 0 Å². The van der Waals surface area contributed by atoms with Gasteiger partial charge in [0.15, 0.2) is 0 Å². The lowest BCUT2D eigenvalue weighted by molar-refractivity contribution is 0.0654. The zero-order valence-electron chi connectivity index (χ0n) is 25.2. The van der Waals surface area contributed by atoms with E-state index >= 15 is 0 Å². The number of hydrogen-bond acceptors (Lipinski definition) is 11. The molecule has 6 rings (SSSR count). The molecule has 11 nitrogen and oxygen atoms in total. The highest BCUT2D eigenvalue weighted by atomic mass is 127. The highest BCUT2D eigenvalue weighted by molar-refractivity contribution is 14.2. The second kappa shape index (κ2) is 14.1. The summed E-state index contributed by atoms with van der Waals surface area (Å²) in [5.74, 6) is 1.23. The highest BCUT2D eigenvalue weighted by Gasteiger charge is 2.31. The van der Waals surface area contributed by atoms with Crippen molar-refractivity contribution in [3.05, 3.63) is 48.8 Å². The fourth-order valence-corrected chi connectivity index (χ4v) is 8.58. The second-order valence-electron chi connectivity index (χ2n) is 11.8. The fraction of sp³-hybridized carbons (Fsp3) is 0.516. The first-order chi connectivity index (χ1) is 21.4. The number of aromatic nitrogens is 3. The van der Waals surface area contributed by atoms with Crippen LogP contribution in [0.1, 0.15) is 44.9 Å². The number of anilines is 5. The fourth-order valence-electron chi connectivity index (χ4n) is 6.81. The van der Waals surface area contributed by atoms with Crippen molar-refractivity contribution >= 4 is 57.2 Å². The molecule has 0 atom stereocenters. The predicted octanol–water partition coefficient (Wildman–Crippen LogP) is 5.41. The molecule has 1 aromatic heterocycles. The number of nitrogens with zero attached hydrogens (tertiary/aromatic N) is 6. The van der Waals surface area contributed by atoms with E-state index in [4.69, 9.17) is 4.74 Å². The van der Waals surface area contributed by atoms with Gasteiger partial charge in [-0.1, -0.05) is 18.6 Å². The predicted molar refractivity (Wildman–Crippen MR) is 182 cm³/mol. The molecule has 0 aliphatic carbocycles. The third-order valence-electron chi connectivity index (χ3n) is 9.15. The molecule has 0 radical (unpaired) electrons. The van der Waals surface area contributed by atoms with Gasteiger partial charge in [0.05, 0.1) is 39.7 Å². The summed E-state index contributed by atoms with van der Waals surface area (Å²) in [7, 11) is -1.80. The summed E-state index contributed by atoms with van der Waals surface area (Å²) in [4.78, 5) is 21.0. The number of ether oxygens (including phenoxy) is 1. The summed E-state index contributed by atoms with van der Waals surface area (Å²) in [6.45, 7) is 7.14. The first kappa shape index (κ1) is 31.2. The van der Waals surface area contributed by atoms with Crippen LogP contribution in [0.15, 0.2) is 53.7 Å². The third kappa shape index (κ3) is 7.54. The normalized spacial score (nSPS) is 19.5. The lowest BCUT2D eigenvalue weighted by Gasteiger charge is -2.45. The maximum absolute atomic E-state index is 12.2. The van der Waals surface area contributed by atoms with E-state index in [0.717, 1.165) is 30.5 Å². The number of rotatable bonds is 9. The van der Waals surface area contributed by atoms with E-state index in [1.165, 1.54) is 105 Å². The molecule has 0 bridgehead atoms. The molecule has 3 aromatic rings. The monoisotopic (exact) mass is 732 g/mol. The Bertz CT molecular complexity index is 1520. The van der Waals surface area contributed by atoms with Gasteiger partial charge in [-0.2, -0.15) is 4.98 Å². The molecule has 3 aliphatic heterocycles. The van der Waals surface area contributed by atoms with Crippen molar-refractivity contribution < 1.29 is 13.2 Å². The summed E-state index contributed by atoms with van der Waals surface area (Å²) < 4.78 is 30.1. The molecular weight excluding hydrogens is 691 g/mol. The average molecular weight is 733 g/mol. The number of piperidine rings is 3. The minimum Gasteiger partial charge on any atom is -0.494 e. The molecule has 236 valence electrons. The third-order valence-corrected chi connectivity index (χ3v) is 11.5. The standard InChI is InChI=1S/C31H41IN8O3S/c1-43-28-21-25(40-19-13-24(14-20-40)39-17-11-23(12-18-39)38-15-5-2-6-16-38)9-10-26(28)35-30-33-22-34-31(37-30)36-27-7-3-4-8-29(27)44(32,41)42/h3-4,7-10,21-24H,2,5-6,11-20H2,1H3,(H2,33,34,35,36,37). The van der Waals surface area contributed by atoms with E-state index < -0.39 is 7.01 Å². The number of para-hydroxylation sites is 1. The van der Waals surface area contributed by atoms with Crippen LogP contribution in [0.3, 0.4) is 0 Å². The maximum Gasteiger partial charge on any atom is 0.233 e. The number of halogens is 1. The minimum absolute atomic E-state index is 0.161. The smallest absolute Gasteiger partial charge is 0.233 e. The summed E-state index contributed by atoms with van der Waals surface area (Å²) in [5.41, 5.74) is 2.27. The molecule has 44 heavy (non-hydrogen) atoms. The summed E-state index contributed by atoms with van der Waals surface area (Å²) in [5, 5.41) is 6.23. The van der Waals surface area contributed by atoms with Gasteiger partial charge in [-0.3, -0.25) is 0 Å². The summed E-state index contributed by atoms with van der Waals surface area (Å²) in [6, 6.07) is 14.3. The van der Waals surface area contributed by atoms with Gasteiger partial charge in [-0.25, -0.2) is 18.4 Å². The number of benzene rings is 2. The van der Waals surface area contributed by atoms with E-state index in [1.54, 1.807) is 25.3 Å². The summed E-state index contributed by atoms with van der Waals surface area (Å²) >= 11 is 1.42. The van der Waals surface area contributed by atoms with Crippen molar-refractivity contribution in [2.75, 3.05) is 61.9 Å². The van der Waals surface area contributed by atoms with Crippen LogP contribution in [0, 0.1) is 0 Å². The SMILES string of the molecule is COc1cc(N2CCC(N3CCC(N4CCCCC4)CC3)CC2)ccc1Nc1ncnc(Nc2ccccc2S(=O)(=O)I)n1. The van der Waals surface area contributed by atoms with Crippen molar-refractivity contribution in [1.82, 2.24) is 24.8 Å². The van der Waals surface area contributed by atoms with Gasteiger partial charge in [0, 0.05) is 36.9 Å². The Morgan fingerprint density at radius 2 is 1.41 bits per heavy atom. The lowest BCUT2D eigenvalue weighted by atomic mass is 9.95. The zero-order valence-corrected chi connectivity index (χ0v) is 28.1. The van der Waals surface area contributed by atoms with Crippen molar-refractivity contribution in [3.8, 4) is 5.75 Å². The Labute approximate surface area is 272 Å². The van der Waals surface area contributed by atoms with Crippen LogP contribution < -0.4 is 20.3 Å². The molecule has 4 heterocycles. The van der Waals surface area contributed by atoms with Gasteiger partial charge in [0.1, 0.15) is 17.0 Å². The Hall–Kier alpha value is -2.75. The largest absolute Gasteiger partial charge is 0.494 e. The molecule has 0 unspecified atom stereocenters. The zero-order chi connectivity index (χ0) is 30.5. The van der Waals surface area contributed by atoms with Crippen LogP contribution in [0.4, 0.5) is 29.0 Å². The Morgan fingerprint density at radius 1 is 0.795 bits per heavy atom. The number of methoxy groups -OCH3 is 1. The van der Waals surface area contributed by atoms with Crippen LogP contribution in [-0.4, -0.2) is 91.6 Å². The van der Waals surface area contributed by atoms with Crippen molar-refractivity contribution in [1.29, 1.82) is 0 Å². The number of nitrogens with one attached hydrogen (secondary N) is 2. The quantitative estimate of drug-likeness (QED) is 0.218. The van der Waals surface area contributed by atoms with Gasteiger partial charge in [0.2, 0.25) is 18.9 Å². The van der Waals surface area contributed by atoms with E-state index in [1.807, 2.05) is 6.07 Å². The number of hydrogen-bond donors (Lipinski definition) is 2. The first-order valence-electron chi connectivity index (χ1n) is 15.6. The molecule has 0 saturated carbocycles.